The van der Waals surface area contributed by atoms with E-state index in [0.29, 0.717) is 18.8 Å². The zero-order valence-corrected chi connectivity index (χ0v) is 16.6. The van der Waals surface area contributed by atoms with Crippen molar-refractivity contribution >= 4 is 5.97 Å². The third kappa shape index (κ3) is 5.00. The van der Waals surface area contributed by atoms with E-state index in [0.717, 1.165) is 28.5 Å². The number of carboxylic acid groups (broad SMARTS) is 1. The molecule has 1 aliphatic heterocycles. The molecule has 5 nitrogen and oxygen atoms in total. The van der Waals surface area contributed by atoms with E-state index in [1.807, 2.05) is 30.3 Å². The van der Waals surface area contributed by atoms with Crippen molar-refractivity contribution in [3.8, 4) is 22.6 Å². The Morgan fingerprint density at radius 2 is 1.87 bits per heavy atom. The van der Waals surface area contributed by atoms with Crippen LogP contribution < -0.4 is 14.8 Å². The molecule has 4 rings (SSSR count). The maximum atomic E-state index is 13.7. The van der Waals surface area contributed by atoms with Gasteiger partial charge in [-0.3, -0.25) is 4.79 Å². The van der Waals surface area contributed by atoms with Crippen molar-refractivity contribution in [2.45, 2.75) is 19.1 Å². The summed E-state index contributed by atoms with van der Waals surface area (Å²) >= 11 is 0. The molecule has 0 spiro atoms. The fraction of sp³-hybridized carbons (Fsp3) is 0.208. The smallest absolute Gasteiger partial charge is 0.317 e. The summed E-state index contributed by atoms with van der Waals surface area (Å²) in [6, 6.07) is 17.2. The maximum Gasteiger partial charge on any atom is 0.317 e. The molecule has 1 unspecified atom stereocenters. The van der Waals surface area contributed by atoms with Crippen LogP contribution in [0.2, 0.25) is 0 Å². The van der Waals surface area contributed by atoms with E-state index in [1.54, 1.807) is 12.1 Å². The van der Waals surface area contributed by atoms with Gasteiger partial charge in [0.1, 0.15) is 24.7 Å². The topological polar surface area (TPSA) is 67.8 Å². The second-order valence-electron chi connectivity index (χ2n) is 7.34. The van der Waals surface area contributed by atoms with Gasteiger partial charge in [0.05, 0.1) is 6.54 Å². The molecule has 0 radical (unpaired) electrons. The molecule has 1 heterocycles. The molecular weight excluding hydrogens is 404 g/mol. The van der Waals surface area contributed by atoms with E-state index in [4.69, 9.17) is 14.6 Å². The molecule has 3 aromatic carbocycles. The van der Waals surface area contributed by atoms with Crippen LogP contribution >= 0.6 is 0 Å². The third-order valence-electron chi connectivity index (χ3n) is 5.13. The second kappa shape index (κ2) is 9.14. The molecule has 2 N–H and O–H groups in total. The van der Waals surface area contributed by atoms with Crippen molar-refractivity contribution in [2.75, 3.05) is 13.2 Å². The van der Waals surface area contributed by atoms with E-state index in [9.17, 15) is 13.6 Å². The van der Waals surface area contributed by atoms with Gasteiger partial charge >= 0.3 is 5.97 Å². The van der Waals surface area contributed by atoms with Gasteiger partial charge in [0.2, 0.25) is 0 Å². The minimum atomic E-state index is -0.895. The normalized spacial score (nSPS) is 15.1. The molecule has 1 atom stereocenters. The van der Waals surface area contributed by atoms with Crippen LogP contribution in [-0.2, 0) is 17.8 Å². The van der Waals surface area contributed by atoms with E-state index < -0.39 is 17.6 Å². The fourth-order valence-corrected chi connectivity index (χ4v) is 3.48. The molecule has 3 aromatic rings. The third-order valence-corrected chi connectivity index (χ3v) is 5.13. The number of carboxylic acids is 1. The lowest BCUT2D eigenvalue weighted by Crippen LogP contribution is -2.41. The summed E-state index contributed by atoms with van der Waals surface area (Å²) in [5.74, 6) is -1.35. The SMILES string of the molecule is O=C(O)CNC1COc2cc(-c3ccc(OCc4cccc(F)c4F)cc3)ccc2C1. The Morgan fingerprint density at radius 1 is 1.10 bits per heavy atom. The molecule has 0 aromatic heterocycles. The highest BCUT2D eigenvalue weighted by molar-refractivity contribution is 5.69. The molecule has 0 bridgehead atoms. The van der Waals surface area contributed by atoms with E-state index in [1.165, 1.54) is 12.1 Å². The van der Waals surface area contributed by atoms with Crippen molar-refractivity contribution in [3.63, 3.8) is 0 Å². The number of benzene rings is 3. The molecule has 31 heavy (non-hydrogen) atoms. The summed E-state index contributed by atoms with van der Waals surface area (Å²) in [5.41, 5.74) is 3.11. The lowest BCUT2D eigenvalue weighted by atomic mass is 9.98. The van der Waals surface area contributed by atoms with Crippen LogP contribution in [-0.4, -0.2) is 30.3 Å². The Labute approximate surface area is 178 Å². The molecule has 7 heteroatoms. The molecule has 0 aliphatic carbocycles. The minimum Gasteiger partial charge on any atom is -0.492 e. The summed E-state index contributed by atoms with van der Waals surface area (Å²) < 4.78 is 38.4. The average Bonchev–Trinajstić information content (AvgIpc) is 2.78. The molecule has 1 aliphatic rings. The lowest BCUT2D eigenvalue weighted by Gasteiger charge is -2.26. The Morgan fingerprint density at radius 3 is 2.65 bits per heavy atom. The number of fused-ring (bicyclic) bond motifs is 1. The van der Waals surface area contributed by atoms with Crippen molar-refractivity contribution < 1.29 is 28.2 Å². The first-order chi connectivity index (χ1) is 15.0. The molecular formula is C24H21F2NO4. The van der Waals surface area contributed by atoms with Crippen LogP contribution in [0, 0.1) is 11.6 Å². The Balaban J connectivity index is 1.40. The summed E-state index contributed by atoms with van der Waals surface area (Å²) in [4.78, 5) is 10.7. The van der Waals surface area contributed by atoms with Gasteiger partial charge in [-0.1, -0.05) is 36.4 Å². The molecule has 0 fully saturated rings. The monoisotopic (exact) mass is 425 g/mol. The van der Waals surface area contributed by atoms with Crippen LogP contribution in [0.1, 0.15) is 11.1 Å². The number of rotatable bonds is 7. The highest BCUT2D eigenvalue weighted by Gasteiger charge is 2.20. The largest absolute Gasteiger partial charge is 0.492 e. The predicted molar refractivity (Wildman–Crippen MR) is 111 cm³/mol. The standard InChI is InChI=1S/C24H21F2NO4/c25-21-3-1-2-18(24(21)26)13-30-20-8-6-15(7-9-20)16-4-5-17-10-19(27-12-23(28)29)14-31-22(17)11-16/h1-9,11,19,27H,10,12-14H2,(H,28,29). The van der Waals surface area contributed by atoms with Crippen LogP contribution in [0.4, 0.5) is 8.78 Å². The fourth-order valence-electron chi connectivity index (χ4n) is 3.48. The summed E-state index contributed by atoms with van der Waals surface area (Å²) in [6.45, 7) is 0.252. The molecule has 0 saturated carbocycles. The Hall–Kier alpha value is -3.45. The quantitative estimate of drug-likeness (QED) is 0.594. The van der Waals surface area contributed by atoms with Gasteiger partial charge in [-0.15, -0.1) is 0 Å². The van der Waals surface area contributed by atoms with E-state index in [-0.39, 0.29) is 24.8 Å². The van der Waals surface area contributed by atoms with Crippen LogP contribution in [0.5, 0.6) is 11.5 Å². The summed E-state index contributed by atoms with van der Waals surface area (Å²) in [6.07, 6.45) is 0.701. The van der Waals surface area contributed by atoms with Gasteiger partial charge in [-0.25, -0.2) is 8.78 Å². The highest BCUT2D eigenvalue weighted by Crippen LogP contribution is 2.31. The Bertz CT molecular complexity index is 1090. The van der Waals surface area contributed by atoms with Crippen LogP contribution in [0.3, 0.4) is 0 Å². The average molecular weight is 425 g/mol. The number of halogens is 2. The van der Waals surface area contributed by atoms with Crippen molar-refractivity contribution in [3.05, 3.63) is 83.4 Å². The molecule has 0 saturated heterocycles. The zero-order chi connectivity index (χ0) is 21.8. The summed E-state index contributed by atoms with van der Waals surface area (Å²) in [7, 11) is 0. The minimum absolute atomic E-state index is 0.0335. The maximum absolute atomic E-state index is 13.7. The van der Waals surface area contributed by atoms with Gasteiger partial charge in [0.15, 0.2) is 11.6 Å². The number of ether oxygens (including phenoxy) is 2. The first kappa shape index (κ1) is 20.8. The van der Waals surface area contributed by atoms with E-state index >= 15 is 0 Å². The number of hydrogen-bond acceptors (Lipinski definition) is 4. The lowest BCUT2D eigenvalue weighted by molar-refractivity contribution is -0.136. The van der Waals surface area contributed by atoms with E-state index in [2.05, 4.69) is 5.32 Å². The van der Waals surface area contributed by atoms with Crippen LogP contribution in [0.25, 0.3) is 11.1 Å². The summed E-state index contributed by atoms with van der Waals surface area (Å²) in [5, 5.41) is 11.8. The Kier molecular flexibility index (Phi) is 6.13. The van der Waals surface area contributed by atoms with Gasteiger partial charge in [0, 0.05) is 11.6 Å². The number of aliphatic carboxylic acids is 1. The van der Waals surface area contributed by atoms with Gasteiger partial charge in [0.25, 0.3) is 0 Å². The first-order valence-corrected chi connectivity index (χ1v) is 9.86. The second-order valence-corrected chi connectivity index (χ2v) is 7.34. The number of nitrogens with one attached hydrogen (secondary N) is 1. The van der Waals surface area contributed by atoms with Crippen molar-refractivity contribution in [1.29, 1.82) is 0 Å². The van der Waals surface area contributed by atoms with Gasteiger partial charge < -0.3 is 19.9 Å². The molecule has 160 valence electrons. The van der Waals surface area contributed by atoms with Gasteiger partial charge in [-0.05, 0) is 47.4 Å². The highest BCUT2D eigenvalue weighted by atomic mass is 19.2. The predicted octanol–water partition coefficient (Wildman–Crippen LogP) is 4.19. The van der Waals surface area contributed by atoms with Gasteiger partial charge in [-0.2, -0.15) is 0 Å². The van der Waals surface area contributed by atoms with Crippen LogP contribution in [0.15, 0.2) is 60.7 Å². The molecule has 0 amide bonds. The van der Waals surface area contributed by atoms with Crippen molar-refractivity contribution in [1.82, 2.24) is 5.32 Å². The first-order valence-electron chi connectivity index (χ1n) is 9.86. The number of hydrogen-bond donors (Lipinski definition) is 2. The van der Waals surface area contributed by atoms with Crippen molar-refractivity contribution in [2.24, 2.45) is 0 Å². The zero-order valence-electron chi connectivity index (χ0n) is 16.6. The number of carbonyl (C=O) groups is 1.